The van der Waals surface area contributed by atoms with Crippen molar-refractivity contribution in [2.24, 2.45) is 0 Å². The van der Waals surface area contributed by atoms with Crippen LogP contribution < -0.4 is 0 Å². The molecule has 1 aliphatic rings. The Morgan fingerprint density at radius 1 is 1.17 bits per heavy atom. The van der Waals surface area contributed by atoms with Gasteiger partial charge >= 0.3 is 0 Å². The number of benzene rings is 1. The summed E-state index contributed by atoms with van der Waals surface area (Å²) in [6.45, 7) is 2.05. The Hall–Kier alpha value is -1.00. The van der Waals surface area contributed by atoms with Crippen LogP contribution in [-0.2, 0) is 6.42 Å². The van der Waals surface area contributed by atoms with Gasteiger partial charge in [0.1, 0.15) is 0 Å². The van der Waals surface area contributed by atoms with Crippen molar-refractivity contribution in [3.63, 3.8) is 0 Å². The molecule has 0 N–H and O–H groups in total. The van der Waals surface area contributed by atoms with Crippen molar-refractivity contribution in [2.45, 2.75) is 35.5 Å². The highest BCUT2D eigenvalue weighted by atomic mass is 32.1. The molecular weight excluding hydrogens is 260 g/mol. The van der Waals surface area contributed by atoms with Crippen molar-refractivity contribution < 1.29 is 0 Å². The lowest BCUT2D eigenvalue weighted by atomic mass is 10.1. The van der Waals surface area contributed by atoms with E-state index in [4.69, 9.17) is 9.97 Å². The molecule has 0 saturated carbocycles. The van der Waals surface area contributed by atoms with Gasteiger partial charge in [-0.1, -0.05) is 12.2 Å². The Kier molecular flexibility index (Phi) is 3.08. The van der Waals surface area contributed by atoms with E-state index < -0.39 is 0 Å². The second-order valence-electron chi connectivity index (χ2n) is 4.56. The highest BCUT2D eigenvalue weighted by molar-refractivity contribution is 7.83. The van der Waals surface area contributed by atoms with Crippen LogP contribution in [0, 0.1) is 0 Å². The summed E-state index contributed by atoms with van der Waals surface area (Å²) in [7, 11) is 0. The van der Waals surface area contributed by atoms with Crippen LogP contribution in [0.3, 0.4) is 0 Å². The Bertz CT molecular complexity index is 650. The molecule has 0 amide bonds. The van der Waals surface area contributed by atoms with Crippen LogP contribution in [0.2, 0.25) is 0 Å². The topological polar surface area (TPSA) is 25.8 Å². The average Bonchev–Trinajstić information content (AvgIpc) is 2.71. The Morgan fingerprint density at radius 2 is 1.83 bits per heavy atom. The van der Waals surface area contributed by atoms with Gasteiger partial charge in [-0.25, -0.2) is 9.97 Å². The predicted molar refractivity (Wildman–Crippen MR) is 79.9 cm³/mol. The summed E-state index contributed by atoms with van der Waals surface area (Å²) in [5, 5.41) is 0. The molecule has 2 aromatic rings. The molecule has 1 aromatic carbocycles. The van der Waals surface area contributed by atoms with Gasteiger partial charge in [0.25, 0.3) is 0 Å². The number of thiol groups is 2. The summed E-state index contributed by atoms with van der Waals surface area (Å²) in [6, 6.07) is 3.89. The smallest absolute Gasteiger partial charge is 0.0902 e. The molecule has 0 bridgehead atoms. The number of rotatable bonds is 1. The van der Waals surface area contributed by atoms with Crippen LogP contribution in [-0.4, -0.2) is 9.97 Å². The van der Waals surface area contributed by atoms with Crippen molar-refractivity contribution in [1.29, 1.82) is 0 Å². The Morgan fingerprint density at radius 3 is 2.50 bits per heavy atom. The van der Waals surface area contributed by atoms with E-state index in [9.17, 15) is 0 Å². The summed E-state index contributed by atoms with van der Waals surface area (Å²) in [4.78, 5) is 11.2. The van der Waals surface area contributed by atoms with Gasteiger partial charge < -0.3 is 0 Å². The van der Waals surface area contributed by atoms with Crippen LogP contribution in [0.15, 0.2) is 34.1 Å². The zero-order valence-corrected chi connectivity index (χ0v) is 11.9. The van der Waals surface area contributed by atoms with Crippen LogP contribution >= 0.6 is 25.3 Å². The number of hydrogen-bond donors (Lipinski definition) is 2. The highest BCUT2D eigenvalue weighted by Gasteiger charge is 2.23. The van der Waals surface area contributed by atoms with E-state index in [2.05, 4.69) is 37.4 Å². The summed E-state index contributed by atoms with van der Waals surface area (Å²) < 4.78 is 0. The van der Waals surface area contributed by atoms with Gasteiger partial charge in [0.15, 0.2) is 0 Å². The van der Waals surface area contributed by atoms with Crippen LogP contribution in [0.4, 0.5) is 0 Å². The van der Waals surface area contributed by atoms with E-state index in [0.29, 0.717) is 5.92 Å². The van der Waals surface area contributed by atoms with Gasteiger partial charge in [0, 0.05) is 15.7 Å². The molecule has 1 heterocycles. The van der Waals surface area contributed by atoms with Gasteiger partial charge in [-0.3, -0.25) is 0 Å². The SMILES string of the molecule is C/C=C\C1CCc2nc3cc(S)c(S)cc3nc21. The maximum atomic E-state index is 4.76. The van der Waals surface area contributed by atoms with Gasteiger partial charge in [-0.2, -0.15) is 0 Å². The van der Waals surface area contributed by atoms with E-state index >= 15 is 0 Å². The number of aryl methyl sites for hydroxylation is 1. The first kappa shape index (κ1) is 12.1. The van der Waals surface area contributed by atoms with E-state index in [0.717, 1.165) is 45.1 Å². The minimum atomic E-state index is 0.418. The molecule has 0 aliphatic heterocycles. The van der Waals surface area contributed by atoms with Crippen molar-refractivity contribution >= 4 is 36.3 Å². The lowest BCUT2D eigenvalue weighted by molar-refractivity contribution is 0.797. The van der Waals surface area contributed by atoms with Gasteiger partial charge in [-0.15, -0.1) is 25.3 Å². The molecule has 1 unspecified atom stereocenters. The molecule has 92 valence electrons. The maximum Gasteiger partial charge on any atom is 0.0902 e. The molecule has 4 heteroatoms. The molecule has 3 rings (SSSR count). The first-order chi connectivity index (χ1) is 8.69. The normalized spacial score (nSPS) is 18.7. The number of fused-ring (bicyclic) bond motifs is 2. The third-order valence-corrected chi connectivity index (χ3v) is 4.25. The molecule has 0 saturated heterocycles. The number of hydrogen-bond acceptors (Lipinski definition) is 4. The van der Waals surface area contributed by atoms with Crippen LogP contribution in [0.5, 0.6) is 0 Å². The van der Waals surface area contributed by atoms with E-state index in [-0.39, 0.29) is 0 Å². The average molecular weight is 274 g/mol. The minimum Gasteiger partial charge on any atom is -0.249 e. The zero-order chi connectivity index (χ0) is 12.7. The first-order valence-corrected chi connectivity index (χ1v) is 6.94. The lowest BCUT2D eigenvalue weighted by Gasteiger charge is -2.07. The van der Waals surface area contributed by atoms with Gasteiger partial charge in [0.2, 0.25) is 0 Å². The quantitative estimate of drug-likeness (QED) is 0.611. The number of nitrogens with zero attached hydrogens (tertiary/aromatic N) is 2. The fourth-order valence-electron chi connectivity index (χ4n) is 2.46. The van der Waals surface area contributed by atoms with E-state index in [1.54, 1.807) is 0 Å². The van der Waals surface area contributed by atoms with Gasteiger partial charge in [0.05, 0.1) is 22.4 Å². The number of allylic oxidation sites excluding steroid dienone is 2. The van der Waals surface area contributed by atoms with Crippen LogP contribution in [0.1, 0.15) is 30.7 Å². The second-order valence-corrected chi connectivity index (χ2v) is 5.52. The molecule has 18 heavy (non-hydrogen) atoms. The van der Waals surface area contributed by atoms with Crippen molar-refractivity contribution in [1.82, 2.24) is 9.97 Å². The lowest BCUT2D eigenvalue weighted by Crippen LogP contribution is -1.97. The third kappa shape index (κ3) is 1.93. The van der Waals surface area contributed by atoms with E-state index in [1.165, 1.54) is 0 Å². The Balaban J connectivity index is 2.21. The standard InChI is InChI=1S/C14H14N2S2/c1-2-3-8-4-5-9-14(8)16-11-7-13(18)12(17)6-10(11)15-9/h2-3,6-8,17-18H,4-5H2,1H3/b3-2-. The third-order valence-electron chi connectivity index (χ3n) is 3.33. The monoisotopic (exact) mass is 274 g/mol. The fourth-order valence-corrected chi connectivity index (χ4v) is 2.83. The van der Waals surface area contributed by atoms with Gasteiger partial charge in [-0.05, 0) is 31.9 Å². The molecule has 2 nitrogen and oxygen atoms in total. The van der Waals surface area contributed by atoms with Crippen molar-refractivity contribution in [3.05, 3.63) is 35.7 Å². The highest BCUT2D eigenvalue weighted by Crippen LogP contribution is 2.33. The maximum absolute atomic E-state index is 4.76. The largest absolute Gasteiger partial charge is 0.249 e. The molecule has 0 fully saturated rings. The number of aromatic nitrogens is 2. The molecule has 1 aromatic heterocycles. The summed E-state index contributed by atoms with van der Waals surface area (Å²) in [6.07, 6.45) is 6.42. The van der Waals surface area contributed by atoms with E-state index in [1.807, 2.05) is 19.1 Å². The molecule has 0 spiro atoms. The summed E-state index contributed by atoms with van der Waals surface area (Å²) in [5.74, 6) is 0.418. The van der Waals surface area contributed by atoms with Crippen LogP contribution in [0.25, 0.3) is 11.0 Å². The van der Waals surface area contributed by atoms with Crippen molar-refractivity contribution in [2.75, 3.05) is 0 Å². The minimum absolute atomic E-state index is 0.418. The Labute approximate surface area is 117 Å². The molecule has 1 atom stereocenters. The fraction of sp³-hybridized carbons (Fsp3) is 0.286. The molecule has 1 aliphatic carbocycles. The molecular formula is C14H14N2S2. The zero-order valence-electron chi connectivity index (χ0n) is 10.1. The second kappa shape index (κ2) is 4.59. The first-order valence-electron chi connectivity index (χ1n) is 6.04. The summed E-state index contributed by atoms with van der Waals surface area (Å²) in [5.41, 5.74) is 4.08. The predicted octanol–water partition coefficient (Wildman–Crippen LogP) is 3.81. The van der Waals surface area contributed by atoms with Crippen molar-refractivity contribution in [3.8, 4) is 0 Å². The molecule has 0 radical (unpaired) electrons. The summed E-state index contributed by atoms with van der Waals surface area (Å²) >= 11 is 8.76.